The number of aryl methyl sites for hydroxylation is 2. The Kier molecular flexibility index (Phi) is 8.65. The Balaban J connectivity index is 1.60. The van der Waals surface area contributed by atoms with Crippen LogP contribution in [0.1, 0.15) is 60.6 Å². The van der Waals surface area contributed by atoms with Gasteiger partial charge in [-0.3, -0.25) is 4.79 Å². The van der Waals surface area contributed by atoms with Crippen LogP contribution in [0.15, 0.2) is 33.9 Å². The van der Waals surface area contributed by atoms with Crippen molar-refractivity contribution in [3.05, 3.63) is 67.4 Å². The SMILES string of the molecule is CCN(c1cc(-c2cscn2)cc(CNCc2c(C)cc(C)[nH]c2=O)c1C)[C@H]1CC[C@H](N(C)C)CC1. The molecule has 4 rings (SSSR count). The lowest BCUT2D eigenvalue weighted by Gasteiger charge is -2.40. The quantitative estimate of drug-likeness (QED) is 0.405. The smallest absolute Gasteiger partial charge is 0.252 e. The number of aromatic nitrogens is 2. The molecule has 2 N–H and O–H groups in total. The van der Waals surface area contributed by atoms with Gasteiger partial charge in [-0.2, -0.15) is 0 Å². The van der Waals surface area contributed by atoms with E-state index in [-0.39, 0.29) is 5.56 Å². The number of aromatic amines is 1. The van der Waals surface area contributed by atoms with Gasteiger partial charge < -0.3 is 20.1 Å². The maximum atomic E-state index is 12.5. The lowest BCUT2D eigenvalue weighted by Crippen LogP contribution is -2.42. The number of nitrogens with zero attached hydrogens (tertiary/aromatic N) is 3. The third kappa shape index (κ3) is 5.90. The van der Waals surface area contributed by atoms with Crippen LogP contribution in [0.5, 0.6) is 0 Å². The van der Waals surface area contributed by atoms with Crippen LogP contribution >= 0.6 is 11.3 Å². The summed E-state index contributed by atoms with van der Waals surface area (Å²) in [4.78, 5) is 25.0. The molecule has 0 saturated heterocycles. The minimum absolute atomic E-state index is 0.000815. The highest BCUT2D eigenvalue weighted by atomic mass is 32.1. The zero-order valence-electron chi connectivity index (χ0n) is 22.6. The molecule has 1 aliphatic rings. The first-order chi connectivity index (χ1) is 17.3. The summed E-state index contributed by atoms with van der Waals surface area (Å²) in [5.74, 6) is 0. The van der Waals surface area contributed by atoms with Gasteiger partial charge >= 0.3 is 0 Å². The van der Waals surface area contributed by atoms with Crippen molar-refractivity contribution in [1.29, 1.82) is 0 Å². The molecular weight excluding hydrogens is 466 g/mol. The minimum atomic E-state index is -0.000815. The molecule has 6 nitrogen and oxygen atoms in total. The lowest BCUT2D eigenvalue weighted by molar-refractivity contribution is 0.214. The summed E-state index contributed by atoms with van der Waals surface area (Å²) in [5, 5.41) is 5.68. The van der Waals surface area contributed by atoms with Crippen LogP contribution in [0.3, 0.4) is 0 Å². The van der Waals surface area contributed by atoms with E-state index in [2.05, 4.69) is 70.5 Å². The first-order valence-electron chi connectivity index (χ1n) is 13.1. The van der Waals surface area contributed by atoms with Crippen LogP contribution in [0.4, 0.5) is 5.69 Å². The predicted molar refractivity (Wildman–Crippen MR) is 152 cm³/mol. The second-order valence-corrected chi connectivity index (χ2v) is 11.1. The molecule has 0 unspecified atom stereocenters. The molecule has 0 amide bonds. The van der Waals surface area contributed by atoms with Gasteiger partial charge in [0.05, 0.1) is 11.2 Å². The molecule has 0 atom stereocenters. The highest BCUT2D eigenvalue weighted by Gasteiger charge is 2.27. The fourth-order valence-electron chi connectivity index (χ4n) is 5.68. The van der Waals surface area contributed by atoms with Gasteiger partial charge in [-0.1, -0.05) is 0 Å². The lowest BCUT2D eigenvalue weighted by atomic mass is 9.88. The largest absolute Gasteiger partial charge is 0.369 e. The van der Waals surface area contributed by atoms with E-state index in [0.29, 0.717) is 25.2 Å². The maximum absolute atomic E-state index is 12.5. The van der Waals surface area contributed by atoms with Gasteiger partial charge in [0.1, 0.15) is 0 Å². The van der Waals surface area contributed by atoms with Crippen LogP contribution in [0.2, 0.25) is 0 Å². The summed E-state index contributed by atoms with van der Waals surface area (Å²) >= 11 is 1.63. The van der Waals surface area contributed by atoms with E-state index >= 15 is 0 Å². The van der Waals surface area contributed by atoms with Crippen molar-refractivity contribution in [2.45, 2.75) is 78.6 Å². The van der Waals surface area contributed by atoms with E-state index in [1.807, 2.05) is 25.4 Å². The summed E-state index contributed by atoms with van der Waals surface area (Å²) < 4.78 is 0. The van der Waals surface area contributed by atoms with Gasteiger partial charge in [0.25, 0.3) is 5.56 Å². The van der Waals surface area contributed by atoms with Crippen LogP contribution in [0, 0.1) is 20.8 Å². The molecule has 1 aliphatic carbocycles. The summed E-state index contributed by atoms with van der Waals surface area (Å²) in [6, 6.07) is 7.89. The molecule has 0 spiro atoms. The number of pyridine rings is 1. The number of thiazole rings is 1. The van der Waals surface area contributed by atoms with Crippen molar-refractivity contribution >= 4 is 17.0 Å². The molecule has 0 radical (unpaired) electrons. The average Bonchev–Trinajstić information content (AvgIpc) is 3.38. The number of anilines is 1. The highest BCUT2D eigenvalue weighted by Crippen LogP contribution is 2.35. The summed E-state index contributed by atoms with van der Waals surface area (Å²) in [7, 11) is 4.41. The van der Waals surface area contributed by atoms with Gasteiger partial charge in [0.15, 0.2) is 0 Å². The Morgan fingerprint density at radius 3 is 2.39 bits per heavy atom. The van der Waals surface area contributed by atoms with Gasteiger partial charge in [0, 0.05) is 59.6 Å². The summed E-state index contributed by atoms with van der Waals surface area (Å²) in [6.07, 6.45) is 4.94. The molecule has 36 heavy (non-hydrogen) atoms. The Morgan fingerprint density at radius 2 is 1.78 bits per heavy atom. The van der Waals surface area contributed by atoms with Crippen molar-refractivity contribution < 1.29 is 0 Å². The molecule has 1 fully saturated rings. The van der Waals surface area contributed by atoms with Crippen LogP contribution < -0.4 is 15.8 Å². The second-order valence-electron chi connectivity index (χ2n) is 10.4. The first kappa shape index (κ1) is 26.6. The number of hydrogen-bond acceptors (Lipinski definition) is 6. The number of H-pyrrole nitrogens is 1. The van der Waals surface area contributed by atoms with Crippen molar-refractivity contribution in [3.8, 4) is 11.3 Å². The zero-order chi connectivity index (χ0) is 25.8. The van der Waals surface area contributed by atoms with E-state index in [1.54, 1.807) is 11.3 Å². The fourth-order valence-corrected chi connectivity index (χ4v) is 6.24. The Morgan fingerprint density at radius 1 is 1.06 bits per heavy atom. The molecule has 1 saturated carbocycles. The number of benzene rings is 1. The van der Waals surface area contributed by atoms with Gasteiger partial charge in [-0.15, -0.1) is 11.3 Å². The number of hydrogen-bond donors (Lipinski definition) is 2. The molecule has 194 valence electrons. The highest BCUT2D eigenvalue weighted by molar-refractivity contribution is 7.07. The molecule has 1 aromatic carbocycles. The van der Waals surface area contributed by atoms with Crippen molar-refractivity contribution in [2.24, 2.45) is 0 Å². The van der Waals surface area contributed by atoms with Gasteiger partial charge in [-0.05, 0) is 102 Å². The third-order valence-electron chi connectivity index (χ3n) is 7.81. The normalized spacial score (nSPS) is 18.1. The molecule has 7 heteroatoms. The summed E-state index contributed by atoms with van der Waals surface area (Å²) in [6.45, 7) is 10.7. The minimum Gasteiger partial charge on any atom is -0.369 e. The maximum Gasteiger partial charge on any atom is 0.252 e. The van der Waals surface area contributed by atoms with Crippen LogP contribution in [-0.2, 0) is 13.1 Å². The zero-order valence-corrected chi connectivity index (χ0v) is 23.5. The topological polar surface area (TPSA) is 64.3 Å². The van der Waals surface area contributed by atoms with E-state index in [0.717, 1.165) is 29.1 Å². The standard InChI is InChI=1S/C29H41N5OS/c1-7-34(25-10-8-24(9-11-25)33(5)6)28-14-22(27-17-36-18-31-27)13-23(21(28)4)15-30-16-26-19(2)12-20(3)32-29(26)35/h12-14,17-18,24-25,30H,7-11,15-16H2,1-6H3,(H,32,35)/t24-,25-. The average molecular weight is 508 g/mol. The van der Waals surface area contributed by atoms with Crippen molar-refractivity contribution in [3.63, 3.8) is 0 Å². The van der Waals surface area contributed by atoms with Crippen LogP contribution in [0.25, 0.3) is 11.3 Å². The molecular formula is C29H41N5OS. The first-order valence-corrected chi connectivity index (χ1v) is 14.1. The molecule has 2 aromatic heterocycles. The Bertz CT molecular complexity index is 1210. The van der Waals surface area contributed by atoms with E-state index in [1.165, 1.54) is 48.1 Å². The van der Waals surface area contributed by atoms with Crippen molar-refractivity contribution in [1.82, 2.24) is 20.2 Å². The molecule has 2 heterocycles. The van der Waals surface area contributed by atoms with E-state index in [4.69, 9.17) is 0 Å². The van der Waals surface area contributed by atoms with Gasteiger partial charge in [0.2, 0.25) is 0 Å². The van der Waals surface area contributed by atoms with Crippen LogP contribution in [-0.4, -0.2) is 47.6 Å². The third-order valence-corrected chi connectivity index (χ3v) is 8.40. The summed E-state index contributed by atoms with van der Waals surface area (Å²) in [5.41, 5.74) is 10.7. The predicted octanol–water partition coefficient (Wildman–Crippen LogP) is 5.41. The van der Waals surface area contributed by atoms with Crippen molar-refractivity contribution in [2.75, 3.05) is 25.5 Å². The Labute approximate surface area is 219 Å². The second kappa shape index (κ2) is 11.7. The Hall–Kier alpha value is -2.48. The monoisotopic (exact) mass is 507 g/mol. The van der Waals surface area contributed by atoms with Gasteiger partial charge in [-0.25, -0.2) is 4.98 Å². The molecule has 0 bridgehead atoms. The van der Waals surface area contributed by atoms with E-state index < -0.39 is 0 Å². The fraction of sp³-hybridized carbons (Fsp3) is 0.517. The molecule has 3 aromatic rings. The number of nitrogens with one attached hydrogen (secondary N) is 2. The molecule has 0 aliphatic heterocycles. The number of rotatable bonds is 9. The van der Waals surface area contributed by atoms with E-state index in [9.17, 15) is 4.79 Å².